The zero-order valence-electron chi connectivity index (χ0n) is 8.71. The van der Waals surface area contributed by atoms with Gasteiger partial charge in [-0.05, 0) is 40.8 Å². The summed E-state index contributed by atoms with van der Waals surface area (Å²) in [6.07, 6.45) is 0. The van der Waals surface area contributed by atoms with Gasteiger partial charge in [0.1, 0.15) is 5.75 Å². The Morgan fingerprint density at radius 1 is 1.47 bits per heavy atom. The van der Waals surface area contributed by atoms with Crippen LogP contribution in [0.1, 0.15) is 19.4 Å². The largest absolute Gasteiger partial charge is 0.507 e. The third-order valence-corrected chi connectivity index (χ3v) is 2.97. The second-order valence-electron chi connectivity index (χ2n) is 4.08. The molecule has 0 spiro atoms. The predicted octanol–water partition coefficient (Wildman–Crippen LogP) is 2.38. The lowest BCUT2D eigenvalue weighted by atomic mass is 9.84. The third-order valence-electron chi connectivity index (χ3n) is 2.30. The van der Waals surface area contributed by atoms with Crippen molar-refractivity contribution >= 4 is 28.3 Å². The smallest absolute Gasteiger partial charge is 0.124 e. The van der Waals surface area contributed by atoms with Crippen molar-refractivity contribution in [2.45, 2.75) is 13.8 Å². The van der Waals surface area contributed by atoms with Gasteiger partial charge in [-0.1, -0.05) is 13.8 Å². The van der Waals surface area contributed by atoms with Crippen LogP contribution in [0.3, 0.4) is 0 Å². The van der Waals surface area contributed by atoms with Gasteiger partial charge < -0.3 is 15.6 Å². The lowest BCUT2D eigenvalue weighted by Gasteiger charge is -2.23. The maximum atomic E-state index is 9.64. The first kappa shape index (κ1) is 12.4. The number of rotatable bonds is 3. The van der Waals surface area contributed by atoms with Crippen LogP contribution in [0.2, 0.25) is 0 Å². The third kappa shape index (κ3) is 2.69. The van der Waals surface area contributed by atoms with Crippen molar-refractivity contribution in [2.24, 2.45) is 5.41 Å². The standard InChI is InChI=1S/C11H14INO2/c1-11(2,6-14)10(13)8-5-7(12)3-4-9(8)15/h3-5,13-15H,6H2,1-2H3. The molecule has 0 saturated carbocycles. The van der Waals surface area contributed by atoms with Gasteiger partial charge in [0.05, 0.1) is 12.3 Å². The summed E-state index contributed by atoms with van der Waals surface area (Å²) in [5.41, 5.74) is 0.101. The molecule has 0 aromatic heterocycles. The highest BCUT2D eigenvalue weighted by molar-refractivity contribution is 14.1. The maximum absolute atomic E-state index is 9.64. The summed E-state index contributed by atoms with van der Waals surface area (Å²) in [6, 6.07) is 5.09. The highest BCUT2D eigenvalue weighted by Gasteiger charge is 2.25. The van der Waals surface area contributed by atoms with Gasteiger partial charge in [-0.3, -0.25) is 0 Å². The van der Waals surface area contributed by atoms with Crippen LogP contribution in [0.4, 0.5) is 0 Å². The predicted molar refractivity (Wildman–Crippen MR) is 68.5 cm³/mol. The minimum absolute atomic E-state index is 0.0851. The molecule has 0 amide bonds. The van der Waals surface area contributed by atoms with Crippen LogP contribution >= 0.6 is 22.6 Å². The molecule has 4 heteroatoms. The molecule has 0 heterocycles. The Morgan fingerprint density at radius 2 is 2.07 bits per heavy atom. The van der Waals surface area contributed by atoms with Crippen molar-refractivity contribution in [3.8, 4) is 5.75 Å². The summed E-state index contributed by atoms with van der Waals surface area (Å²) in [5.74, 6) is 0.0851. The van der Waals surface area contributed by atoms with E-state index in [1.54, 1.807) is 32.0 Å². The van der Waals surface area contributed by atoms with Crippen LogP contribution in [-0.2, 0) is 0 Å². The fourth-order valence-electron chi connectivity index (χ4n) is 1.15. The average molecular weight is 319 g/mol. The van der Waals surface area contributed by atoms with Crippen LogP contribution in [-0.4, -0.2) is 22.5 Å². The molecule has 1 aromatic rings. The maximum Gasteiger partial charge on any atom is 0.124 e. The van der Waals surface area contributed by atoms with E-state index in [4.69, 9.17) is 10.5 Å². The van der Waals surface area contributed by atoms with Gasteiger partial charge in [0.2, 0.25) is 0 Å². The summed E-state index contributed by atoms with van der Waals surface area (Å²) in [7, 11) is 0. The van der Waals surface area contributed by atoms with Gasteiger partial charge in [-0.15, -0.1) is 0 Å². The Kier molecular flexibility index (Phi) is 3.72. The number of aliphatic hydroxyl groups is 1. The first-order valence-corrected chi connectivity index (χ1v) is 5.65. The van der Waals surface area contributed by atoms with E-state index < -0.39 is 5.41 Å². The van der Waals surface area contributed by atoms with Gasteiger partial charge in [-0.2, -0.15) is 0 Å². The zero-order chi connectivity index (χ0) is 11.6. The van der Waals surface area contributed by atoms with Crippen LogP contribution in [0.5, 0.6) is 5.75 Å². The summed E-state index contributed by atoms with van der Waals surface area (Å²) >= 11 is 2.13. The van der Waals surface area contributed by atoms with E-state index in [9.17, 15) is 5.11 Å². The first-order valence-electron chi connectivity index (χ1n) is 4.57. The first-order chi connectivity index (χ1) is 6.88. The fourth-order valence-corrected chi connectivity index (χ4v) is 1.64. The van der Waals surface area contributed by atoms with Crippen LogP contribution in [0, 0.1) is 14.4 Å². The Hall–Kier alpha value is -0.620. The lowest BCUT2D eigenvalue weighted by Crippen LogP contribution is -2.28. The molecule has 3 nitrogen and oxygen atoms in total. The van der Waals surface area contributed by atoms with E-state index >= 15 is 0 Å². The lowest BCUT2D eigenvalue weighted by molar-refractivity contribution is 0.213. The quantitative estimate of drug-likeness (QED) is 0.592. The van der Waals surface area contributed by atoms with E-state index in [1.807, 2.05) is 0 Å². The Bertz CT molecular complexity index is 388. The number of benzene rings is 1. The van der Waals surface area contributed by atoms with Crippen molar-refractivity contribution < 1.29 is 10.2 Å². The normalized spacial score (nSPS) is 11.5. The number of aliphatic hydroxyl groups excluding tert-OH is 1. The summed E-state index contributed by atoms with van der Waals surface area (Å²) in [5, 5.41) is 26.7. The van der Waals surface area contributed by atoms with Crippen molar-refractivity contribution in [1.82, 2.24) is 0 Å². The van der Waals surface area contributed by atoms with E-state index in [0.717, 1.165) is 3.57 Å². The van der Waals surface area contributed by atoms with Gasteiger partial charge in [-0.25, -0.2) is 0 Å². The Balaban J connectivity index is 3.17. The average Bonchev–Trinajstić information content (AvgIpc) is 2.20. The zero-order valence-corrected chi connectivity index (χ0v) is 10.9. The number of phenols is 1. The molecule has 1 aromatic carbocycles. The fraction of sp³-hybridized carbons (Fsp3) is 0.364. The molecule has 0 atom stereocenters. The number of hydrogen-bond acceptors (Lipinski definition) is 3. The molecule has 82 valence electrons. The molecule has 0 unspecified atom stereocenters. The van der Waals surface area contributed by atoms with E-state index in [2.05, 4.69) is 22.6 Å². The van der Waals surface area contributed by atoms with Crippen molar-refractivity contribution in [3.05, 3.63) is 27.3 Å². The highest BCUT2D eigenvalue weighted by Crippen LogP contribution is 2.28. The van der Waals surface area contributed by atoms with E-state index in [-0.39, 0.29) is 18.1 Å². The van der Waals surface area contributed by atoms with E-state index in [1.165, 1.54) is 0 Å². The molecule has 0 saturated heterocycles. The number of hydrogen-bond donors (Lipinski definition) is 3. The number of nitrogens with one attached hydrogen (secondary N) is 1. The molecule has 0 fully saturated rings. The summed E-state index contributed by atoms with van der Waals surface area (Å²) in [6.45, 7) is 3.43. The van der Waals surface area contributed by atoms with Crippen molar-refractivity contribution in [1.29, 1.82) is 5.41 Å². The number of phenolic OH excluding ortho intramolecular Hbond substituents is 1. The highest BCUT2D eigenvalue weighted by atomic mass is 127. The Morgan fingerprint density at radius 3 is 2.60 bits per heavy atom. The summed E-state index contributed by atoms with van der Waals surface area (Å²) < 4.78 is 0.957. The molecular weight excluding hydrogens is 305 g/mol. The van der Waals surface area contributed by atoms with Gasteiger partial charge in [0.15, 0.2) is 0 Å². The van der Waals surface area contributed by atoms with Crippen LogP contribution in [0.25, 0.3) is 0 Å². The SMILES string of the molecule is CC(C)(CO)C(=N)c1cc(I)ccc1O. The minimum Gasteiger partial charge on any atom is -0.507 e. The molecule has 1 rings (SSSR count). The monoisotopic (exact) mass is 319 g/mol. The topological polar surface area (TPSA) is 64.3 Å². The molecule has 15 heavy (non-hydrogen) atoms. The molecule has 0 aliphatic carbocycles. The molecule has 0 bridgehead atoms. The molecule has 0 aliphatic heterocycles. The van der Waals surface area contributed by atoms with E-state index in [0.29, 0.717) is 5.56 Å². The molecule has 0 radical (unpaired) electrons. The molecular formula is C11H14INO2. The van der Waals surface area contributed by atoms with Crippen molar-refractivity contribution in [2.75, 3.05) is 6.61 Å². The van der Waals surface area contributed by atoms with Gasteiger partial charge in [0.25, 0.3) is 0 Å². The van der Waals surface area contributed by atoms with Gasteiger partial charge >= 0.3 is 0 Å². The second-order valence-corrected chi connectivity index (χ2v) is 5.32. The van der Waals surface area contributed by atoms with Crippen LogP contribution in [0.15, 0.2) is 18.2 Å². The van der Waals surface area contributed by atoms with Crippen molar-refractivity contribution in [3.63, 3.8) is 0 Å². The molecule has 3 N–H and O–H groups in total. The minimum atomic E-state index is -0.637. The second kappa shape index (κ2) is 4.49. The number of halogens is 1. The van der Waals surface area contributed by atoms with Gasteiger partial charge in [0, 0.05) is 14.5 Å². The molecule has 0 aliphatic rings. The number of aromatic hydroxyl groups is 1. The summed E-state index contributed by atoms with van der Waals surface area (Å²) in [4.78, 5) is 0. The van der Waals surface area contributed by atoms with Crippen LogP contribution < -0.4 is 0 Å². The Labute approximate surface area is 103 Å².